The fourth-order valence-electron chi connectivity index (χ4n) is 7.93. The first-order valence-corrected chi connectivity index (χ1v) is 27.1. The van der Waals surface area contributed by atoms with E-state index in [0.717, 1.165) is 19.3 Å². The van der Waals surface area contributed by atoms with E-state index in [9.17, 15) is 19.4 Å². The maximum Gasteiger partial charge on any atom is 0.472 e. The fourth-order valence-corrected chi connectivity index (χ4v) is 8.70. The normalized spacial score (nSPS) is 13.2. The van der Waals surface area contributed by atoms with Crippen LogP contribution >= 0.6 is 7.82 Å². The van der Waals surface area contributed by atoms with Gasteiger partial charge in [-0.1, -0.05) is 264 Å². The van der Waals surface area contributed by atoms with Crippen LogP contribution in [0.25, 0.3) is 0 Å². The van der Waals surface area contributed by atoms with Crippen molar-refractivity contribution in [1.82, 2.24) is 0 Å². The zero-order chi connectivity index (χ0) is 42.3. The van der Waals surface area contributed by atoms with Crippen LogP contribution in [-0.2, 0) is 23.1 Å². The van der Waals surface area contributed by atoms with Crippen LogP contribution in [0.5, 0.6) is 0 Å². The minimum absolute atomic E-state index is 0.0773. The molecule has 0 saturated carbocycles. The topological polar surface area (TPSA) is 128 Å². The number of hydrogen-bond acceptors (Lipinski definition) is 7. The SMILES string of the molecule is CCCCCCCCCCCCCCCCCCCCCCCCCCCCCCCCCCCCCCCCCCCC(=O)OCC(O)COP(=O)(O)OCCN. The third-order valence-corrected chi connectivity index (χ3v) is 12.7. The standard InChI is InChI=1S/C49H100NO7P/c1-2-3-4-5-6-7-8-9-10-11-12-13-14-15-16-17-18-19-20-21-22-23-24-25-26-27-28-29-30-31-32-33-34-35-36-37-38-39-40-41-42-43-49(52)55-46-48(51)47-57-58(53,54)56-45-44-50/h48,51H,2-47,50H2,1H3,(H,53,54). The molecule has 0 saturated heterocycles. The number of carbonyl (C=O) groups excluding carboxylic acids is 1. The minimum Gasteiger partial charge on any atom is -0.463 e. The van der Waals surface area contributed by atoms with Gasteiger partial charge >= 0.3 is 13.8 Å². The zero-order valence-corrected chi connectivity index (χ0v) is 39.5. The number of ether oxygens (including phenoxy) is 1. The molecule has 348 valence electrons. The Morgan fingerprint density at radius 2 is 0.707 bits per heavy atom. The first-order valence-electron chi connectivity index (χ1n) is 25.6. The van der Waals surface area contributed by atoms with Gasteiger partial charge in [-0.3, -0.25) is 13.8 Å². The molecular formula is C49H100NO7P. The number of unbranched alkanes of at least 4 members (excludes halogenated alkanes) is 40. The molecule has 0 spiro atoms. The highest BCUT2D eigenvalue weighted by molar-refractivity contribution is 7.47. The van der Waals surface area contributed by atoms with Crippen LogP contribution in [0, 0.1) is 0 Å². The Balaban J connectivity index is 3.19. The summed E-state index contributed by atoms with van der Waals surface area (Å²) in [6.07, 6.45) is 56.4. The van der Waals surface area contributed by atoms with Gasteiger partial charge in [0, 0.05) is 13.0 Å². The van der Waals surface area contributed by atoms with E-state index < -0.39 is 20.5 Å². The van der Waals surface area contributed by atoms with Gasteiger partial charge in [0.15, 0.2) is 0 Å². The number of hydrogen-bond donors (Lipinski definition) is 3. The van der Waals surface area contributed by atoms with E-state index in [1.807, 2.05) is 0 Å². The number of phosphoric ester groups is 1. The molecule has 0 aliphatic heterocycles. The largest absolute Gasteiger partial charge is 0.472 e. The lowest BCUT2D eigenvalue weighted by atomic mass is 10.0. The molecule has 0 aromatic heterocycles. The third kappa shape index (κ3) is 48.2. The predicted octanol–water partition coefficient (Wildman–Crippen LogP) is 15.4. The van der Waals surface area contributed by atoms with Crippen molar-refractivity contribution in [3.05, 3.63) is 0 Å². The molecule has 0 amide bonds. The highest BCUT2D eigenvalue weighted by Crippen LogP contribution is 2.42. The first-order chi connectivity index (χ1) is 28.4. The maximum absolute atomic E-state index is 11.9. The lowest BCUT2D eigenvalue weighted by Gasteiger charge is -2.15. The van der Waals surface area contributed by atoms with Crippen molar-refractivity contribution in [2.45, 2.75) is 283 Å². The number of aliphatic hydroxyl groups excluding tert-OH is 1. The van der Waals surface area contributed by atoms with Gasteiger partial charge in [0.25, 0.3) is 0 Å². The summed E-state index contributed by atoms with van der Waals surface area (Å²) in [7, 11) is -4.25. The molecule has 4 N–H and O–H groups in total. The molecule has 9 heteroatoms. The average molecular weight is 846 g/mol. The highest BCUT2D eigenvalue weighted by Gasteiger charge is 2.22. The first kappa shape index (κ1) is 57.5. The van der Waals surface area contributed by atoms with Gasteiger partial charge in [0.1, 0.15) is 12.7 Å². The molecule has 0 aliphatic carbocycles. The van der Waals surface area contributed by atoms with Crippen LogP contribution in [0.1, 0.15) is 277 Å². The Labute approximate surface area is 360 Å². The van der Waals surface area contributed by atoms with Crippen LogP contribution < -0.4 is 5.73 Å². The van der Waals surface area contributed by atoms with Crippen LogP contribution in [0.2, 0.25) is 0 Å². The monoisotopic (exact) mass is 846 g/mol. The van der Waals surface area contributed by atoms with E-state index in [2.05, 4.69) is 16.0 Å². The lowest BCUT2D eigenvalue weighted by molar-refractivity contribution is -0.147. The van der Waals surface area contributed by atoms with Gasteiger partial charge in [0.05, 0.1) is 13.2 Å². The summed E-state index contributed by atoms with van der Waals surface area (Å²) in [5.41, 5.74) is 5.21. The van der Waals surface area contributed by atoms with Crippen LogP contribution in [0.4, 0.5) is 0 Å². The second-order valence-electron chi connectivity index (χ2n) is 17.6. The van der Waals surface area contributed by atoms with E-state index in [-0.39, 0.29) is 25.7 Å². The minimum atomic E-state index is -4.25. The smallest absolute Gasteiger partial charge is 0.463 e. The van der Waals surface area contributed by atoms with Crippen molar-refractivity contribution in [3.8, 4) is 0 Å². The Bertz CT molecular complexity index is 863. The number of esters is 1. The predicted molar refractivity (Wildman–Crippen MR) is 247 cm³/mol. The molecule has 0 aliphatic rings. The van der Waals surface area contributed by atoms with E-state index >= 15 is 0 Å². The van der Waals surface area contributed by atoms with Gasteiger partial charge in [-0.2, -0.15) is 0 Å². The van der Waals surface area contributed by atoms with E-state index in [1.54, 1.807) is 0 Å². The summed E-state index contributed by atoms with van der Waals surface area (Å²) < 4.78 is 25.8. The van der Waals surface area contributed by atoms with Crippen LogP contribution in [0.15, 0.2) is 0 Å². The van der Waals surface area contributed by atoms with Crippen LogP contribution in [0.3, 0.4) is 0 Å². The molecule has 0 aromatic carbocycles. The van der Waals surface area contributed by atoms with Crippen molar-refractivity contribution >= 4 is 13.8 Å². The summed E-state index contributed by atoms with van der Waals surface area (Å²) >= 11 is 0. The molecule has 0 heterocycles. The fraction of sp³-hybridized carbons (Fsp3) is 0.980. The summed E-state index contributed by atoms with van der Waals surface area (Å²) in [5.74, 6) is -0.377. The molecule has 0 fully saturated rings. The molecule has 8 nitrogen and oxygen atoms in total. The Kier molecular flexibility index (Phi) is 47.1. The van der Waals surface area contributed by atoms with Gasteiger partial charge in [-0.15, -0.1) is 0 Å². The van der Waals surface area contributed by atoms with Crippen molar-refractivity contribution in [1.29, 1.82) is 0 Å². The molecule has 0 aromatic rings. The number of carbonyl (C=O) groups is 1. The van der Waals surface area contributed by atoms with Crippen molar-refractivity contribution in [2.24, 2.45) is 5.73 Å². The average Bonchev–Trinajstić information content (AvgIpc) is 3.22. The summed E-state index contributed by atoms with van der Waals surface area (Å²) in [6, 6.07) is 0. The van der Waals surface area contributed by atoms with Crippen molar-refractivity contribution in [3.63, 3.8) is 0 Å². The van der Waals surface area contributed by atoms with E-state index in [1.165, 1.54) is 244 Å². The molecule has 0 rings (SSSR count). The lowest BCUT2D eigenvalue weighted by Crippen LogP contribution is -2.23. The molecule has 58 heavy (non-hydrogen) atoms. The number of aliphatic hydroxyl groups is 1. The van der Waals surface area contributed by atoms with Gasteiger partial charge < -0.3 is 20.5 Å². The highest BCUT2D eigenvalue weighted by atomic mass is 31.2. The van der Waals surface area contributed by atoms with Gasteiger partial charge in [0.2, 0.25) is 0 Å². The second-order valence-corrected chi connectivity index (χ2v) is 19.1. The number of rotatable bonds is 50. The van der Waals surface area contributed by atoms with Crippen molar-refractivity contribution in [2.75, 3.05) is 26.4 Å². The summed E-state index contributed by atoms with van der Waals surface area (Å²) in [5, 5.41) is 9.78. The Morgan fingerprint density at radius 1 is 0.448 bits per heavy atom. The molecule has 0 bridgehead atoms. The van der Waals surface area contributed by atoms with E-state index in [0.29, 0.717) is 6.42 Å². The quantitative estimate of drug-likeness (QED) is 0.0314. The molecule has 2 atom stereocenters. The summed E-state index contributed by atoms with van der Waals surface area (Å²) in [4.78, 5) is 21.3. The van der Waals surface area contributed by atoms with E-state index in [4.69, 9.17) is 10.5 Å². The maximum atomic E-state index is 11.9. The zero-order valence-electron chi connectivity index (χ0n) is 38.6. The Morgan fingerprint density at radius 3 is 0.966 bits per heavy atom. The van der Waals surface area contributed by atoms with Crippen molar-refractivity contribution < 1.29 is 33.1 Å². The Hall–Kier alpha value is -0.500. The van der Waals surface area contributed by atoms with Crippen LogP contribution in [-0.4, -0.2) is 48.4 Å². The summed E-state index contributed by atoms with van der Waals surface area (Å²) in [6.45, 7) is 1.50. The molecule has 0 radical (unpaired) electrons. The van der Waals surface area contributed by atoms with Gasteiger partial charge in [-0.25, -0.2) is 4.57 Å². The van der Waals surface area contributed by atoms with Gasteiger partial charge in [-0.05, 0) is 6.42 Å². The number of nitrogens with two attached hydrogens (primary N) is 1. The third-order valence-electron chi connectivity index (χ3n) is 11.7. The second kappa shape index (κ2) is 47.5. The molecular weight excluding hydrogens is 746 g/mol. The number of phosphoric acid groups is 1. The molecule has 2 unspecified atom stereocenters.